The number of ether oxygens (including phenoxy) is 1. The third-order valence-electron chi connectivity index (χ3n) is 13.9. The fraction of sp³-hybridized carbons (Fsp3) is 0.118. The van der Waals surface area contributed by atoms with Crippen LogP contribution in [0, 0.1) is 15.9 Å². The van der Waals surface area contributed by atoms with Gasteiger partial charge in [-0.3, -0.25) is 0 Å². The van der Waals surface area contributed by atoms with Gasteiger partial charge in [0.15, 0.2) is 0 Å². The number of pyridine rings is 1. The summed E-state index contributed by atoms with van der Waals surface area (Å²) in [6.45, 7) is 13.2. The van der Waals surface area contributed by atoms with Gasteiger partial charge in [0, 0.05) is 6.20 Å². The van der Waals surface area contributed by atoms with E-state index >= 15 is 0 Å². The van der Waals surface area contributed by atoms with E-state index in [0.717, 1.165) is 60.6 Å². The van der Waals surface area contributed by atoms with Gasteiger partial charge in [0.1, 0.15) is 0 Å². The molecule has 0 atom stereocenters. The number of aromatic nitrogens is 5. The molecule has 0 fully saturated rings. The maximum atomic E-state index is 9.58. The maximum absolute atomic E-state index is 9.58. The van der Waals surface area contributed by atoms with E-state index in [1.165, 1.54) is 0 Å². The third-order valence-corrected chi connectivity index (χ3v) is 15.0. The average Bonchev–Trinajstić information content (AvgIpc) is 2.30. The van der Waals surface area contributed by atoms with Crippen LogP contribution in [0.1, 0.15) is 66.4 Å². The summed E-state index contributed by atoms with van der Waals surface area (Å²) < 4.78 is 107. The second kappa shape index (κ2) is 18.0. The van der Waals surface area contributed by atoms with E-state index in [1.54, 1.807) is 12.1 Å². The monoisotopic (exact) mass is 1160 g/mol. The van der Waals surface area contributed by atoms with E-state index in [1.807, 2.05) is 117 Å². The Kier molecular flexibility index (Phi) is 8.76. The zero-order chi connectivity index (χ0) is 59.9. The van der Waals surface area contributed by atoms with Crippen LogP contribution < -0.4 is 4.74 Å². The number of benzene rings is 9. The Balaban J connectivity index is 1.06. The van der Waals surface area contributed by atoms with Gasteiger partial charge in [0.05, 0.1) is 0 Å². The molecule has 0 aliphatic carbocycles. The predicted molar refractivity (Wildman–Crippen MR) is 305 cm³/mol. The topological polar surface area (TPSA) is 41.8 Å². The molecule has 0 spiro atoms. The van der Waals surface area contributed by atoms with Crippen molar-refractivity contribution >= 4 is 54.6 Å². The van der Waals surface area contributed by atoms with Crippen molar-refractivity contribution in [3.8, 4) is 56.6 Å². The number of imidazole rings is 1. The van der Waals surface area contributed by atoms with E-state index in [4.69, 9.17) is 17.9 Å². The summed E-state index contributed by atoms with van der Waals surface area (Å²) in [6, 6.07) is 48.6. The number of fused-ring (bicyclic) bond motifs is 7. The SMILES string of the molecule is [2H]c1c([2H])c([2H])c(-c2cc(-n3c4ccccc4c4ccccc43)cc(-c3c([2H])c([2H])c([2H])c([2H])c3[2H])c2-n2[c](=[Pt])n(-c3[c-]c(Oc4[c-]c5c(cc4)c4cccc(C(C)(C)C)c4n5-c4cc(C(C)(C)C)ccn4)ccc3)c3ccccc32)c([2H])c1[2H]. The third kappa shape index (κ3) is 7.90. The number of hydrogen-bond donors (Lipinski definition) is 0. The molecule has 0 bridgehead atoms. The van der Waals surface area contributed by atoms with Gasteiger partial charge in [-0.2, -0.15) is 0 Å². The van der Waals surface area contributed by atoms with Crippen LogP contribution in [-0.4, -0.2) is 23.3 Å². The Morgan fingerprint density at radius 3 is 1.71 bits per heavy atom. The van der Waals surface area contributed by atoms with Crippen molar-refractivity contribution in [2.24, 2.45) is 0 Å². The fourth-order valence-electron chi connectivity index (χ4n) is 10.5. The molecule has 0 unspecified atom stereocenters. The summed E-state index contributed by atoms with van der Waals surface area (Å²) in [5.41, 5.74) is 7.74. The summed E-state index contributed by atoms with van der Waals surface area (Å²) >= 11 is 2.19. The Bertz CT molecular complexity index is 4860. The van der Waals surface area contributed by atoms with Gasteiger partial charge in [-0.05, 0) is 22.5 Å². The molecule has 4 heterocycles. The quantitative estimate of drug-likeness (QED) is 0.142. The first-order valence-corrected chi connectivity index (χ1v) is 25.9. The average molecular weight is 1160 g/mol. The number of nitrogens with zero attached hydrogens (tertiary/aromatic N) is 5. The van der Waals surface area contributed by atoms with E-state index in [0.29, 0.717) is 37.7 Å². The van der Waals surface area contributed by atoms with Crippen LogP contribution in [-0.2, 0) is 30.2 Å². The Morgan fingerprint density at radius 1 is 0.507 bits per heavy atom. The molecular weight excluding hydrogens is 1100 g/mol. The predicted octanol–water partition coefficient (Wildman–Crippen LogP) is 17.4. The number of rotatable bonds is 8. The van der Waals surface area contributed by atoms with Crippen LogP contribution >= 0.6 is 0 Å². The van der Waals surface area contributed by atoms with Crippen LogP contribution in [0.15, 0.2) is 212 Å². The van der Waals surface area contributed by atoms with Crippen molar-refractivity contribution in [2.45, 2.75) is 52.4 Å². The van der Waals surface area contributed by atoms with Gasteiger partial charge in [-0.1, -0.05) is 53.7 Å². The molecule has 9 aromatic carbocycles. The molecular formula is C68H53N5OPt-2. The van der Waals surface area contributed by atoms with Crippen LogP contribution in [0.5, 0.6) is 11.5 Å². The fourth-order valence-corrected chi connectivity index (χ4v) is 11.6. The first-order valence-electron chi connectivity index (χ1n) is 29.7. The molecule has 75 heavy (non-hydrogen) atoms. The minimum absolute atomic E-state index is 0.136. The molecule has 0 N–H and O–H groups in total. The van der Waals surface area contributed by atoms with Gasteiger partial charge in [-0.25, -0.2) is 0 Å². The Hall–Kier alpha value is -8.31. The van der Waals surface area contributed by atoms with Gasteiger partial charge >= 0.3 is 382 Å². The molecule has 0 radical (unpaired) electrons. The molecule has 7 heteroatoms. The standard InChI is InChI=1S/C68H53N5O.Pt/c1-67(2,3)47-37-38-69-64(39-47)73-63-43-51(35-36-54(63)55-29-20-30-58(66(55)73)68(4,5)6)74-50-26-19-25-48(40-50)70-44-71(62-34-18-17-33-61(62)70)65-56(45-21-9-7-10-22-45)41-49(42-57(65)46-23-11-8-12-24-46)72-59-31-15-13-27-52(59)53-28-14-16-32-60(53)72;/h7-39,41-42H,1-6H3;/q-2;/i7D,8D,9D,10D,11D,12D,21D,22D,23D,24D;. The zero-order valence-corrected chi connectivity index (χ0v) is 44.2. The molecule has 13 aromatic rings. The molecule has 0 saturated carbocycles. The molecule has 4 aromatic heterocycles. The summed E-state index contributed by atoms with van der Waals surface area (Å²) in [5, 5.41) is 3.89. The zero-order valence-electron chi connectivity index (χ0n) is 51.9. The van der Waals surface area contributed by atoms with Crippen LogP contribution in [0.25, 0.3) is 99.8 Å². The van der Waals surface area contributed by atoms with E-state index < -0.39 is 60.4 Å². The Morgan fingerprint density at radius 2 is 1.08 bits per heavy atom. The first kappa shape index (κ1) is 36.6. The summed E-state index contributed by atoms with van der Waals surface area (Å²) in [5.74, 6) is 1.57. The summed E-state index contributed by atoms with van der Waals surface area (Å²) in [6.07, 6.45) is 1.86. The van der Waals surface area contributed by atoms with Crippen LogP contribution in [0.2, 0.25) is 0 Å². The normalized spacial score (nSPS) is 14.1. The molecule has 368 valence electrons. The molecule has 0 saturated heterocycles. The van der Waals surface area contributed by atoms with Crippen LogP contribution in [0.3, 0.4) is 0 Å². The van der Waals surface area contributed by atoms with Crippen molar-refractivity contribution in [2.75, 3.05) is 0 Å². The van der Waals surface area contributed by atoms with Crippen LogP contribution in [0.4, 0.5) is 0 Å². The van der Waals surface area contributed by atoms with E-state index in [9.17, 15) is 5.48 Å². The molecule has 0 amide bonds. The summed E-state index contributed by atoms with van der Waals surface area (Å²) in [4.78, 5) is 4.96. The molecule has 6 nitrogen and oxygen atoms in total. The van der Waals surface area contributed by atoms with Crippen molar-refractivity contribution in [1.29, 1.82) is 0 Å². The molecule has 0 aliphatic rings. The van der Waals surface area contributed by atoms with Gasteiger partial charge < -0.3 is 0 Å². The van der Waals surface area contributed by atoms with Crippen molar-refractivity contribution in [1.82, 2.24) is 23.3 Å². The second-order valence-corrected chi connectivity index (χ2v) is 21.7. The number of hydrogen-bond acceptors (Lipinski definition) is 2. The van der Waals surface area contributed by atoms with Gasteiger partial charge in [-0.15, -0.1) is 0 Å². The van der Waals surface area contributed by atoms with Gasteiger partial charge in [0.2, 0.25) is 0 Å². The second-order valence-electron chi connectivity index (χ2n) is 20.7. The van der Waals surface area contributed by atoms with E-state index in [-0.39, 0.29) is 38.8 Å². The number of para-hydroxylation sites is 5. The first-order chi connectivity index (χ1) is 40.5. The minimum atomic E-state index is -0.584. The van der Waals surface area contributed by atoms with Gasteiger partial charge in [0.25, 0.3) is 0 Å². The van der Waals surface area contributed by atoms with Crippen molar-refractivity contribution in [3.05, 3.63) is 239 Å². The molecule has 13 rings (SSSR count). The van der Waals surface area contributed by atoms with Crippen molar-refractivity contribution in [3.63, 3.8) is 0 Å². The summed E-state index contributed by atoms with van der Waals surface area (Å²) in [7, 11) is 0. The molecule has 0 aliphatic heterocycles. The van der Waals surface area contributed by atoms with Crippen molar-refractivity contribution < 1.29 is 37.8 Å². The Labute approximate surface area is 461 Å². The van der Waals surface area contributed by atoms with E-state index in [2.05, 4.69) is 114 Å².